The van der Waals surface area contributed by atoms with Crippen molar-refractivity contribution >= 4 is 5.97 Å². The summed E-state index contributed by atoms with van der Waals surface area (Å²) in [5, 5.41) is 13.4. The highest BCUT2D eigenvalue weighted by atomic mass is 19.1. The maximum Gasteiger partial charge on any atom is 0.306 e. The fourth-order valence-electron chi connectivity index (χ4n) is 3.55. The number of unbranched alkanes of at least 4 members (excludes halogenated alkanes) is 4. The number of hydrogen-bond acceptors (Lipinski definition) is 7. The summed E-state index contributed by atoms with van der Waals surface area (Å²) in [4.78, 5) is 16.4. The molecule has 1 saturated heterocycles. The lowest BCUT2D eigenvalue weighted by Gasteiger charge is -2.32. The Bertz CT molecular complexity index is 737. The van der Waals surface area contributed by atoms with Gasteiger partial charge in [-0.2, -0.15) is 0 Å². The smallest absolute Gasteiger partial charge is 0.306 e. The van der Waals surface area contributed by atoms with Crippen LogP contribution in [0.1, 0.15) is 45.4 Å². The zero-order valence-corrected chi connectivity index (χ0v) is 17.2. The highest BCUT2D eigenvalue weighted by molar-refractivity contribution is 5.69. The van der Waals surface area contributed by atoms with E-state index in [-0.39, 0.29) is 6.42 Å². The molecule has 0 amide bonds. The molecule has 0 aliphatic carbocycles. The molecule has 3 N–H and O–H groups in total. The molecule has 166 valence electrons. The number of allylic oxidation sites excluding steroid dienone is 2. The summed E-state index contributed by atoms with van der Waals surface area (Å²) in [6.45, 7) is 4.84. The van der Waals surface area contributed by atoms with Gasteiger partial charge < -0.3 is 25.2 Å². The summed E-state index contributed by atoms with van der Waals surface area (Å²) in [5.41, 5.74) is 13.5. The van der Waals surface area contributed by atoms with Gasteiger partial charge in [0, 0.05) is 28.9 Å². The number of halogens is 1. The summed E-state index contributed by atoms with van der Waals surface area (Å²) in [6, 6.07) is 0. The Kier molecular flexibility index (Phi) is 8.71. The van der Waals surface area contributed by atoms with Gasteiger partial charge in [-0.3, -0.25) is 4.79 Å². The number of aliphatic hydroxyl groups excluding tert-OH is 1. The van der Waals surface area contributed by atoms with Gasteiger partial charge in [0.2, 0.25) is 0 Å². The van der Waals surface area contributed by atoms with Crippen molar-refractivity contribution in [1.82, 2.24) is 4.90 Å². The van der Waals surface area contributed by atoms with E-state index >= 15 is 4.39 Å². The van der Waals surface area contributed by atoms with Gasteiger partial charge >= 0.3 is 5.97 Å². The highest BCUT2D eigenvalue weighted by Crippen LogP contribution is 2.39. The number of alkyl halides is 1. The second kappa shape index (κ2) is 11.0. The second-order valence-electron chi connectivity index (χ2n) is 7.50. The van der Waals surface area contributed by atoms with E-state index < -0.39 is 43.2 Å². The molecule has 9 nitrogen and oxygen atoms in total. The molecule has 0 unspecified atom stereocenters. The molecule has 2 aliphatic rings. The Hall–Kier alpha value is -2.55. The number of carbonyl (C=O) groups is 1. The highest BCUT2D eigenvalue weighted by Gasteiger charge is 2.59. The largest absolute Gasteiger partial charge is 0.456 e. The van der Waals surface area contributed by atoms with Crippen LogP contribution in [0.3, 0.4) is 0 Å². The van der Waals surface area contributed by atoms with Gasteiger partial charge in [0.05, 0.1) is 13.2 Å². The Morgan fingerprint density at radius 1 is 1.50 bits per heavy atom. The monoisotopic (exact) mass is 423 g/mol. The van der Waals surface area contributed by atoms with Crippen LogP contribution in [0.5, 0.6) is 0 Å². The molecule has 30 heavy (non-hydrogen) atoms. The van der Waals surface area contributed by atoms with Crippen molar-refractivity contribution in [3.05, 3.63) is 46.8 Å². The lowest BCUT2D eigenvalue weighted by Crippen LogP contribution is -2.50. The Balaban J connectivity index is 2.15. The number of azide groups is 1. The van der Waals surface area contributed by atoms with Gasteiger partial charge in [0.15, 0.2) is 18.5 Å². The van der Waals surface area contributed by atoms with Gasteiger partial charge in [-0.25, -0.2) is 4.39 Å². The van der Waals surface area contributed by atoms with E-state index in [1.54, 1.807) is 12.2 Å². The second-order valence-corrected chi connectivity index (χ2v) is 7.50. The molecule has 4 atom stereocenters. The van der Waals surface area contributed by atoms with Gasteiger partial charge in [-0.05, 0) is 24.1 Å². The molecular formula is C20H30FN5O4. The van der Waals surface area contributed by atoms with Crippen molar-refractivity contribution in [3.8, 4) is 0 Å². The van der Waals surface area contributed by atoms with Crippen LogP contribution >= 0.6 is 0 Å². The van der Waals surface area contributed by atoms with E-state index in [0.29, 0.717) is 17.8 Å². The third kappa shape index (κ3) is 5.53. The average Bonchev–Trinajstić information content (AvgIpc) is 2.98. The van der Waals surface area contributed by atoms with Crippen LogP contribution in [0.4, 0.5) is 4.39 Å². The molecular weight excluding hydrogens is 393 g/mol. The Labute approximate surface area is 175 Å². The minimum Gasteiger partial charge on any atom is -0.456 e. The molecule has 0 aromatic carbocycles. The third-order valence-electron chi connectivity index (χ3n) is 5.21. The fourth-order valence-corrected chi connectivity index (χ4v) is 3.55. The van der Waals surface area contributed by atoms with Gasteiger partial charge in [-0.1, -0.05) is 44.3 Å². The van der Waals surface area contributed by atoms with Crippen molar-refractivity contribution in [2.45, 2.75) is 69.6 Å². The van der Waals surface area contributed by atoms with Crippen molar-refractivity contribution < 1.29 is 23.8 Å². The molecule has 0 aromatic rings. The maximum atomic E-state index is 15.4. The summed E-state index contributed by atoms with van der Waals surface area (Å²) in [5.74, 6) is -0.584. The van der Waals surface area contributed by atoms with E-state index in [0.717, 1.165) is 25.7 Å². The predicted molar refractivity (Wildman–Crippen MR) is 109 cm³/mol. The normalized spacial score (nSPS) is 28.2. The van der Waals surface area contributed by atoms with Crippen LogP contribution in [0, 0.1) is 0 Å². The first-order valence-corrected chi connectivity index (χ1v) is 10.1. The number of ether oxygens (including phenoxy) is 2. The van der Waals surface area contributed by atoms with Crippen LogP contribution < -0.4 is 5.73 Å². The standard InChI is InChI=1S/C20H30FN5O4/c1-3-4-5-6-7-8-16(28)29-18-17(21)19(26-10-9-15(22)11-14(26)2)30-20(18,13-27)12-24-25-23/h9-11,17-19,27H,2-8,12-13,22H2,1H3/t17-,18+,19-,20-/m1/s1. The lowest BCUT2D eigenvalue weighted by molar-refractivity contribution is -0.167. The lowest BCUT2D eigenvalue weighted by atomic mass is 9.96. The summed E-state index contributed by atoms with van der Waals surface area (Å²) < 4.78 is 26.7. The topological polar surface area (TPSA) is 134 Å². The Morgan fingerprint density at radius 3 is 2.87 bits per heavy atom. The molecule has 0 saturated carbocycles. The van der Waals surface area contributed by atoms with Crippen molar-refractivity contribution in [2.75, 3.05) is 13.2 Å². The van der Waals surface area contributed by atoms with E-state index in [1.165, 1.54) is 11.1 Å². The predicted octanol–water partition coefficient (Wildman–Crippen LogP) is 3.18. The number of esters is 1. The maximum absolute atomic E-state index is 15.4. The molecule has 1 fully saturated rings. The van der Waals surface area contributed by atoms with E-state index in [9.17, 15) is 9.90 Å². The summed E-state index contributed by atoms with van der Waals surface area (Å²) >= 11 is 0. The first kappa shape index (κ1) is 23.7. The number of rotatable bonds is 11. The summed E-state index contributed by atoms with van der Waals surface area (Å²) in [6.07, 6.45) is 4.94. The quantitative estimate of drug-likeness (QED) is 0.172. The number of carbonyl (C=O) groups excluding carboxylic acids is 1. The van der Waals surface area contributed by atoms with Crippen molar-refractivity contribution in [3.63, 3.8) is 0 Å². The van der Waals surface area contributed by atoms with Crippen LogP contribution in [0.25, 0.3) is 10.4 Å². The fraction of sp³-hybridized carbons (Fsp3) is 0.650. The number of aliphatic hydroxyl groups is 1. The van der Waals surface area contributed by atoms with Crippen molar-refractivity contribution in [1.29, 1.82) is 0 Å². The van der Waals surface area contributed by atoms with Gasteiger partial charge in [0.1, 0.15) is 5.60 Å². The van der Waals surface area contributed by atoms with Gasteiger partial charge in [-0.15, -0.1) is 0 Å². The molecule has 0 aromatic heterocycles. The van der Waals surface area contributed by atoms with Gasteiger partial charge in [0.25, 0.3) is 0 Å². The minimum absolute atomic E-state index is 0.135. The van der Waals surface area contributed by atoms with E-state index in [4.69, 9.17) is 20.7 Å². The Morgan fingerprint density at radius 2 is 2.23 bits per heavy atom. The zero-order chi connectivity index (χ0) is 22.1. The minimum atomic E-state index is -1.82. The first-order valence-electron chi connectivity index (χ1n) is 10.1. The molecule has 0 radical (unpaired) electrons. The molecule has 0 bridgehead atoms. The number of hydrogen-bond donors (Lipinski definition) is 2. The molecule has 10 heteroatoms. The average molecular weight is 423 g/mol. The van der Waals surface area contributed by atoms with E-state index in [1.807, 2.05) is 0 Å². The van der Waals surface area contributed by atoms with E-state index in [2.05, 4.69) is 23.5 Å². The molecule has 0 spiro atoms. The van der Waals surface area contributed by atoms with Crippen molar-refractivity contribution in [2.24, 2.45) is 10.8 Å². The third-order valence-corrected chi connectivity index (χ3v) is 5.21. The van der Waals surface area contributed by atoms with Crippen LogP contribution in [0.15, 0.2) is 41.4 Å². The molecule has 2 aliphatic heterocycles. The summed E-state index contributed by atoms with van der Waals surface area (Å²) in [7, 11) is 0. The van der Waals surface area contributed by atoms with Crippen LogP contribution in [-0.2, 0) is 14.3 Å². The number of nitrogens with zero attached hydrogens (tertiary/aromatic N) is 4. The van der Waals surface area contributed by atoms with Crippen LogP contribution in [-0.4, -0.2) is 53.2 Å². The first-order chi connectivity index (χ1) is 14.4. The molecule has 2 rings (SSSR count). The molecule has 2 heterocycles. The van der Waals surface area contributed by atoms with Crippen LogP contribution in [0.2, 0.25) is 0 Å². The number of nitrogens with two attached hydrogens (primary N) is 1. The SMILES string of the molecule is C=C1C=C(N)C=CN1[C@@H]1O[C@@](CO)(CN=[N+]=[N-])[C@@H](OC(=O)CCCCCCC)[C@H]1F. The zero-order valence-electron chi connectivity index (χ0n) is 17.2.